The third kappa shape index (κ3) is 9.60. The predicted molar refractivity (Wildman–Crippen MR) is 90.5 cm³/mol. The van der Waals surface area contributed by atoms with E-state index in [0.717, 1.165) is 23.0 Å². The molecule has 0 aliphatic heterocycles. The zero-order chi connectivity index (χ0) is 18.9. The van der Waals surface area contributed by atoms with E-state index in [0.29, 0.717) is 19.0 Å². The molecule has 1 aromatic heterocycles. The van der Waals surface area contributed by atoms with Gasteiger partial charge in [-0.25, -0.2) is 18.4 Å². The number of hydrogen-bond acceptors (Lipinski definition) is 6. The van der Waals surface area contributed by atoms with Gasteiger partial charge >= 0.3 is 6.18 Å². The molecule has 0 atom stereocenters. The van der Waals surface area contributed by atoms with Crippen LogP contribution in [0.15, 0.2) is 10.4 Å². The summed E-state index contributed by atoms with van der Waals surface area (Å²) in [5.41, 5.74) is -0.917. The van der Waals surface area contributed by atoms with Crippen LogP contribution >= 0.6 is 11.3 Å². The maximum atomic E-state index is 12.5. The Balaban J connectivity index is 2.42. The largest absolute Gasteiger partial charge is 0.434 e. The molecule has 0 spiro atoms. The molecule has 1 aromatic rings. The average Bonchev–Trinajstić information content (AvgIpc) is 2.96. The number of ether oxygens (including phenoxy) is 1. The van der Waals surface area contributed by atoms with Crippen molar-refractivity contribution in [2.75, 3.05) is 38.3 Å². The summed E-state index contributed by atoms with van der Waals surface area (Å²) in [6, 6.07) is 0. The van der Waals surface area contributed by atoms with Crippen LogP contribution in [-0.4, -0.2) is 57.7 Å². The number of aromatic nitrogens is 1. The summed E-state index contributed by atoms with van der Waals surface area (Å²) in [7, 11) is -3.05. The predicted octanol–water partition coefficient (Wildman–Crippen LogP) is 1.28. The van der Waals surface area contributed by atoms with Crippen molar-refractivity contribution in [3.05, 3.63) is 16.1 Å². The van der Waals surface area contributed by atoms with Crippen LogP contribution in [0.25, 0.3) is 0 Å². The second kappa shape index (κ2) is 9.92. The number of sulfone groups is 1. The molecule has 25 heavy (non-hydrogen) atoms. The molecule has 0 fully saturated rings. The van der Waals surface area contributed by atoms with Gasteiger partial charge in [-0.05, 0) is 6.92 Å². The van der Waals surface area contributed by atoms with Crippen molar-refractivity contribution in [3.63, 3.8) is 0 Å². The average molecular weight is 402 g/mol. The van der Waals surface area contributed by atoms with Gasteiger partial charge in [0.15, 0.2) is 11.7 Å². The summed E-state index contributed by atoms with van der Waals surface area (Å²) in [6.07, 6.45) is -3.32. The van der Waals surface area contributed by atoms with Crippen molar-refractivity contribution in [1.82, 2.24) is 15.6 Å². The van der Waals surface area contributed by atoms with Gasteiger partial charge in [0.1, 0.15) is 14.8 Å². The van der Waals surface area contributed by atoms with E-state index in [-0.39, 0.29) is 30.5 Å². The molecule has 7 nitrogen and oxygen atoms in total. The fourth-order valence-corrected chi connectivity index (χ4v) is 2.70. The van der Waals surface area contributed by atoms with Crippen LogP contribution in [0.1, 0.15) is 17.6 Å². The molecule has 0 aliphatic rings. The number of nitrogens with one attached hydrogen (secondary N) is 2. The van der Waals surface area contributed by atoms with Gasteiger partial charge in [-0.3, -0.25) is 0 Å². The van der Waals surface area contributed by atoms with E-state index in [2.05, 4.69) is 20.6 Å². The highest BCUT2D eigenvalue weighted by Crippen LogP contribution is 2.30. The van der Waals surface area contributed by atoms with Crippen molar-refractivity contribution < 1.29 is 26.3 Å². The summed E-state index contributed by atoms with van der Waals surface area (Å²) >= 11 is 0.898. The Morgan fingerprint density at radius 3 is 2.64 bits per heavy atom. The lowest BCUT2D eigenvalue weighted by Crippen LogP contribution is -2.39. The van der Waals surface area contributed by atoms with E-state index in [1.54, 1.807) is 0 Å². The number of halogens is 3. The normalized spacial score (nSPS) is 13.1. The van der Waals surface area contributed by atoms with E-state index < -0.39 is 21.7 Å². The van der Waals surface area contributed by atoms with Crippen molar-refractivity contribution in [2.45, 2.75) is 19.6 Å². The van der Waals surface area contributed by atoms with E-state index in [1.807, 2.05) is 6.92 Å². The summed E-state index contributed by atoms with van der Waals surface area (Å²) in [6.45, 7) is 3.20. The van der Waals surface area contributed by atoms with Crippen LogP contribution in [0.3, 0.4) is 0 Å². The summed E-state index contributed by atoms with van der Waals surface area (Å²) < 4.78 is 64.5. The molecule has 2 N–H and O–H groups in total. The highest BCUT2D eigenvalue weighted by Gasteiger charge is 2.33. The minimum absolute atomic E-state index is 0.0189. The first-order valence-electron chi connectivity index (χ1n) is 7.41. The minimum atomic E-state index is -4.45. The van der Waals surface area contributed by atoms with Gasteiger partial charge in [0.05, 0.1) is 25.5 Å². The molecule has 1 heterocycles. The Bertz CT molecular complexity index is 660. The van der Waals surface area contributed by atoms with Gasteiger partial charge in [-0.15, -0.1) is 11.3 Å². The van der Waals surface area contributed by atoms with Gasteiger partial charge in [-0.1, -0.05) is 0 Å². The fraction of sp³-hybridized carbons (Fsp3) is 0.692. The second-order valence-corrected chi connectivity index (χ2v) is 8.19. The first kappa shape index (κ1) is 21.6. The molecule has 0 saturated heterocycles. The number of alkyl halides is 3. The third-order valence-electron chi connectivity index (χ3n) is 2.70. The molecule has 144 valence electrons. The zero-order valence-electron chi connectivity index (χ0n) is 13.9. The van der Waals surface area contributed by atoms with Crippen molar-refractivity contribution in [3.8, 4) is 0 Å². The number of hydrogen-bond donors (Lipinski definition) is 2. The lowest BCUT2D eigenvalue weighted by atomic mass is 10.5. The highest BCUT2D eigenvalue weighted by atomic mass is 32.2. The molecule has 0 saturated carbocycles. The second-order valence-electron chi connectivity index (χ2n) is 4.99. The van der Waals surface area contributed by atoms with Gasteiger partial charge in [0.25, 0.3) is 0 Å². The number of aliphatic imine (C=N–C) groups is 1. The molecule has 12 heteroatoms. The molecule has 0 aliphatic carbocycles. The van der Waals surface area contributed by atoms with Crippen LogP contribution in [0, 0.1) is 0 Å². The molecule has 0 radical (unpaired) electrons. The SMILES string of the molecule is CCNC(=NCc1nc(C(F)(F)F)cs1)NCCOCCS(C)(=O)=O. The van der Waals surface area contributed by atoms with E-state index in [1.165, 1.54) is 0 Å². The summed E-state index contributed by atoms with van der Waals surface area (Å²) in [5.74, 6) is 0.366. The topological polar surface area (TPSA) is 92.7 Å². The van der Waals surface area contributed by atoms with Crippen molar-refractivity contribution >= 4 is 27.1 Å². The van der Waals surface area contributed by atoms with E-state index in [9.17, 15) is 21.6 Å². The first-order chi connectivity index (χ1) is 11.6. The summed E-state index contributed by atoms with van der Waals surface area (Å²) in [4.78, 5) is 7.67. The van der Waals surface area contributed by atoms with Crippen LogP contribution in [-0.2, 0) is 27.3 Å². The van der Waals surface area contributed by atoms with Gasteiger partial charge in [0.2, 0.25) is 0 Å². The molecule has 1 rings (SSSR count). The highest BCUT2D eigenvalue weighted by molar-refractivity contribution is 7.90. The van der Waals surface area contributed by atoms with Gasteiger partial charge in [-0.2, -0.15) is 13.2 Å². The number of nitrogens with zero attached hydrogens (tertiary/aromatic N) is 2. The van der Waals surface area contributed by atoms with Crippen LogP contribution in [0.2, 0.25) is 0 Å². The first-order valence-corrected chi connectivity index (χ1v) is 10.3. The standard InChI is InChI=1S/C13H21F3N4O3S2/c1-3-17-12(18-4-5-23-6-7-25(2,21)22)19-8-11-20-10(9-24-11)13(14,15)16/h9H,3-8H2,1-2H3,(H2,17,18,19). The van der Waals surface area contributed by atoms with Crippen LogP contribution in [0.4, 0.5) is 13.2 Å². The Hall–Kier alpha value is -1.40. The smallest absolute Gasteiger partial charge is 0.379 e. The third-order valence-corrected chi connectivity index (χ3v) is 4.44. The monoisotopic (exact) mass is 402 g/mol. The van der Waals surface area contributed by atoms with Crippen molar-refractivity contribution in [1.29, 1.82) is 0 Å². The Labute approximate surface area is 148 Å². The van der Waals surface area contributed by atoms with Crippen LogP contribution in [0.5, 0.6) is 0 Å². The molecule has 0 amide bonds. The minimum Gasteiger partial charge on any atom is -0.379 e. The number of guanidine groups is 1. The van der Waals surface area contributed by atoms with Gasteiger partial charge < -0.3 is 15.4 Å². The van der Waals surface area contributed by atoms with Crippen LogP contribution < -0.4 is 10.6 Å². The molecule has 0 bridgehead atoms. The molecular weight excluding hydrogens is 381 g/mol. The van der Waals surface area contributed by atoms with E-state index >= 15 is 0 Å². The number of thiazole rings is 1. The maximum Gasteiger partial charge on any atom is 0.434 e. The number of rotatable bonds is 9. The quantitative estimate of drug-likeness (QED) is 0.367. The fourth-order valence-electron chi connectivity index (χ4n) is 1.56. The summed E-state index contributed by atoms with van der Waals surface area (Å²) in [5, 5.41) is 7.11. The molecular formula is C13H21F3N4O3S2. The van der Waals surface area contributed by atoms with E-state index in [4.69, 9.17) is 4.74 Å². The molecule has 0 unspecified atom stereocenters. The van der Waals surface area contributed by atoms with Crippen molar-refractivity contribution in [2.24, 2.45) is 4.99 Å². The lowest BCUT2D eigenvalue weighted by molar-refractivity contribution is -0.140. The Kier molecular flexibility index (Phi) is 8.59. The maximum absolute atomic E-state index is 12.5. The zero-order valence-corrected chi connectivity index (χ0v) is 15.5. The Morgan fingerprint density at radius 2 is 2.08 bits per heavy atom. The lowest BCUT2D eigenvalue weighted by Gasteiger charge is -2.11. The molecule has 0 aromatic carbocycles. The Morgan fingerprint density at radius 1 is 1.36 bits per heavy atom. The van der Waals surface area contributed by atoms with Gasteiger partial charge in [0, 0.05) is 24.7 Å².